The first kappa shape index (κ1) is 19.9. The lowest BCUT2D eigenvalue weighted by atomic mass is 9.92. The van der Waals surface area contributed by atoms with Crippen molar-refractivity contribution >= 4 is 27.6 Å². The molecule has 1 aromatic rings. The zero-order chi connectivity index (χ0) is 17.8. The Kier molecular flexibility index (Phi) is 6.59. The average Bonchev–Trinajstić information content (AvgIpc) is 2.44. The minimum Gasteiger partial charge on any atom is -0.465 e. The molecule has 0 aliphatic carbocycles. The third kappa shape index (κ3) is 5.46. The summed E-state index contributed by atoms with van der Waals surface area (Å²) in [5.41, 5.74) is 5.02. The van der Waals surface area contributed by atoms with Crippen molar-refractivity contribution in [2.45, 2.75) is 37.6 Å². The molecule has 0 amide bonds. The fourth-order valence-electron chi connectivity index (χ4n) is 2.40. The van der Waals surface area contributed by atoms with Gasteiger partial charge in [0, 0.05) is 17.1 Å². The van der Waals surface area contributed by atoms with E-state index in [0.29, 0.717) is 6.42 Å². The molecular formula is C15H23ClN2O4S. The molecule has 0 unspecified atom stereocenters. The summed E-state index contributed by atoms with van der Waals surface area (Å²) in [6.07, 6.45) is 0.577. The quantitative estimate of drug-likeness (QED) is 0.724. The second-order valence-corrected chi connectivity index (χ2v) is 8.25. The van der Waals surface area contributed by atoms with Crippen LogP contribution in [0.3, 0.4) is 0 Å². The number of ether oxygens (including phenoxy) is 1. The Morgan fingerprint density at radius 2 is 2.00 bits per heavy atom. The minimum absolute atomic E-state index is 0.0682. The summed E-state index contributed by atoms with van der Waals surface area (Å²) < 4.78 is 32.5. The van der Waals surface area contributed by atoms with Gasteiger partial charge in [-0.05, 0) is 37.5 Å². The van der Waals surface area contributed by atoms with Crippen LogP contribution in [-0.2, 0) is 14.8 Å². The molecule has 23 heavy (non-hydrogen) atoms. The van der Waals surface area contributed by atoms with Gasteiger partial charge in [0.2, 0.25) is 10.0 Å². The average molecular weight is 363 g/mol. The van der Waals surface area contributed by atoms with Gasteiger partial charge in [0.05, 0.1) is 17.6 Å². The van der Waals surface area contributed by atoms with E-state index in [9.17, 15) is 13.2 Å². The minimum atomic E-state index is -3.88. The van der Waals surface area contributed by atoms with Crippen molar-refractivity contribution in [2.75, 3.05) is 13.7 Å². The van der Waals surface area contributed by atoms with Gasteiger partial charge in [-0.3, -0.25) is 0 Å². The molecule has 0 saturated carbocycles. The SMILES string of the molecule is COC(=O)c1cc(Cl)cc(S(=O)(=O)N[C@@](C)(CN)CC(C)C)c1. The fraction of sp³-hybridized carbons (Fsp3) is 0.533. The van der Waals surface area contributed by atoms with Gasteiger partial charge in [-0.15, -0.1) is 0 Å². The number of esters is 1. The third-order valence-electron chi connectivity index (χ3n) is 3.29. The molecule has 8 heteroatoms. The number of sulfonamides is 1. The molecule has 130 valence electrons. The zero-order valence-corrected chi connectivity index (χ0v) is 15.3. The second-order valence-electron chi connectivity index (χ2n) is 6.14. The summed E-state index contributed by atoms with van der Waals surface area (Å²) in [6, 6.07) is 3.86. The first-order valence-corrected chi connectivity index (χ1v) is 9.02. The van der Waals surface area contributed by atoms with Crippen molar-refractivity contribution in [3.63, 3.8) is 0 Å². The topological polar surface area (TPSA) is 98.5 Å². The standard InChI is InChI=1S/C15H23ClN2O4S/c1-10(2)8-15(3,9-17)18-23(20,21)13-6-11(14(19)22-4)5-12(16)7-13/h5-7,10,18H,8-9,17H2,1-4H3/t15-/m1/s1. The maximum atomic E-state index is 12.6. The number of nitrogens with two attached hydrogens (primary N) is 1. The van der Waals surface area contributed by atoms with Crippen LogP contribution in [0.2, 0.25) is 5.02 Å². The Labute approximate surface area is 142 Å². The van der Waals surface area contributed by atoms with Crippen LogP contribution in [0.25, 0.3) is 0 Å². The zero-order valence-electron chi connectivity index (χ0n) is 13.7. The van der Waals surface area contributed by atoms with Gasteiger partial charge in [-0.25, -0.2) is 17.9 Å². The molecule has 0 bridgehead atoms. The summed E-state index contributed by atoms with van der Waals surface area (Å²) in [4.78, 5) is 11.5. The monoisotopic (exact) mass is 362 g/mol. The maximum Gasteiger partial charge on any atom is 0.337 e. The molecule has 6 nitrogen and oxygen atoms in total. The molecule has 0 aliphatic heterocycles. The fourth-order valence-corrected chi connectivity index (χ4v) is 4.20. The van der Waals surface area contributed by atoms with Crippen LogP contribution >= 0.6 is 11.6 Å². The third-order valence-corrected chi connectivity index (χ3v) is 5.13. The molecule has 0 spiro atoms. The van der Waals surface area contributed by atoms with Crippen molar-refractivity contribution in [1.29, 1.82) is 0 Å². The van der Waals surface area contributed by atoms with Gasteiger partial charge in [-0.1, -0.05) is 25.4 Å². The van der Waals surface area contributed by atoms with Crippen LogP contribution in [0.1, 0.15) is 37.6 Å². The van der Waals surface area contributed by atoms with E-state index in [-0.39, 0.29) is 27.9 Å². The van der Waals surface area contributed by atoms with Gasteiger partial charge in [-0.2, -0.15) is 0 Å². The second kappa shape index (κ2) is 7.61. The molecule has 3 N–H and O–H groups in total. The van der Waals surface area contributed by atoms with E-state index in [1.54, 1.807) is 6.92 Å². The van der Waals surface area contributed by atoms with Crippen molar-refractivity contribution in [3.05, 3.63) is 28.8 Å². The predicted molar refractivity (Wildman–Crippen MR) is 90.0 cm³/mol. The number of carbonyl (C=O) groups excluding carboxylic acids is 1. The van der Waals surface area contributed by atoms with E-state index in [4.69, 9.17) is 17.3 Å². The smallest absolute Gasteiger partial charge is 0.337 e. The van der Waals surface area contributed by atoms with Crippen molar-refractivity contribution in [1.82, 2.24) is 4.72 Å². The van der Waals surface area contributed by atoms with E-state index in [2.05, 4.69) is 9.46 Å². The summed E-state index contributed by atoms with van der Waals surface area (Å²) in [5.74, 6) is -0.399. The van der Waals surface area contributed by atoms with Gasteiger partial charge < -0.3 is 10.5 Å². The lowest BCUT2D eigenvalue weighted by Gasteiger charge is -2.30. The highest BCUT2D eigenvalue weighted by Gasteiger charge is 2.30. The van der Waals surface area contributed by atoms with E-state index in [0.717, 1.165) is 0 Å². The Hall–Kier alpha value is -1.15. The number of hydrogen-bond acceptors (Lipinski definition) is 5. The number of benzene rings is 1. The van der Waals surface area contributed by atoms with E-state index < -0.39 is 21.5 Å². The number of nitrogens with one attached hydrogen (secondary N) is 1. The molecule has 1 aromatic carbocycles. The summed E-state index contributed by atoms with van der Waals surface area (Å²) >= 11 is 5.92. The first-order valence-electron chi connectivity index (χ1n) is 7.16. The highest BCUT2D eigenvalue weighted by atomic mass is 35.5. The molecular weight excluding hydrogens is 340 g/mol. The van der Waals surface area contributed by atoms with Crippen LogP contribution in [0, 0.1) is 5.92 Å². The molecule has 0 aliphatic rings. The lowest BCUT2D eigenvalue weighted by molar-refractivity contribution is 0.0600. The molecule has 0 fully saturated rings. The van der Waals surface area contributed by atoms with Crippen molar-refractivity contribution in [2.24, 2.45) is 11.7 Å². The summed E-state index contributed by atoms with van der Waals surface area (Å²) in [6.45, 7) is 5.86. The number of hydrogen-bond donors (Lipinski definition) is 2. The maximum absolute atomic E-state index is 12.6. The molecule has 0 heterocycles. The Morgan fingerprint density at radius 3 is 2.48 bits per heavy atom. The number of carbonyl (C=O) groups is 1. The summed E-state index contributed by atoms with van der Waals surface area (Å²) in [5, 5.41) is 0.131. The van der Waals surface area contributed by atoms with Crippen LogP contribution in [-0.4, -0.2) is 33.6 Å². The molecule has 0 saturated heterocycles. The van der Waals surface area contributed by atoms with Gasteiger partial charge in [0.1, 0.15) is 0 Å². The van der Waals surface area contributed by atoms with Crippen LogP contribution < -0.4 is 10.5 Å². The van der Waals surface area contributed by atoms with Crippen LogP contribution in [0.4, 0.5) is 0 Å². The van der Waals surface area contributed by atoms with E-state index in [1.807, 2.05) is 13.8 Å². The highest BCUT2D eigenvalue weighted by molar-refractivity contribution is 7.89. The van der Waals surface area contributed by atoms with Gasteiger partial charge in [0.15, 0.2) is 0 Å². The lowest BCUT2D eigenvalue weighted by Crippen LogP contribution is -2.52. The molecule has 1 rings (SSSR count). The molecule has 0 aromatic heterocycles. The normalized spacial score (nSPS) is 14.6. The van der Waals surface area contributed by atoms with Crippen molar-refractivity contribution < 1.29 is 17.9 Å². The van der Waals surface area contributed by atoms with Crippen LogP contribution in [0.15, 0.2) is 23.1 Å². The number of rotatable bonds is 7. The molecule has 1 atom stereocenters. The number of halogens is 1. The summed E-state index contributed by atoms with van der Waals surface area (Å²) in [7, 11) is -2.67. The van der Waals surface area contributed by atoms with Gasteiger partial charge >= 0.3 is 5.97 Å². The Balaban J connectivity index is 3.23. The highest BCUT2D eigenvalue weighted by Crippen LogP contribution is 2.23. The predicted octanol–water partition coefficient (Wildman–Crippen LogP) is 2.17. The first-order chi connectivity index (χ1) is 10.5. The largest absolute Gasteiger partial charge is 0.465 e. The van der Waals surface area contributed by atoms with Crippen molar-refractivity contribution in [3.8, 4) is 0 Å². The Morgan fingerprint density at radius 1 is 1.39 bits per heavy atom. The van der Waals surface area contributed by atoms with Gasteiger partial charge in [0.25, 0.3) is 0 Å². The van der Waals surface area contributed by atoms with E-state index in [1.165, 1.54) is 25.3 Å². The Bertz CT molecular complexity index is 676. The van der Waals surface area contributed by atoms with Crippen LogP contribution in [0.5, 0.6) is 0 Å². The van der Waals surface area contributed by atoms with E-state index >= 15 is 0 Å². The molecule has 0 radical (unpaired) electrons. The number of methoxy groups -OCH3 is 1.